The predicted molar refractivity (Wildman–Crippen MR) is 113 cm³/mol. The second kappa shape index (κ2) is 7.29. The minimum atomic E-state index is -0.343. The Kier molecular flexibility index (Phi) is 4.71. The second-order valence-corrected chi connectivity index (χ2v) is 8.83. The third kappa shape index (κ3) is 3.15. The van der Waals surface area contributed by atoms with Crippen molar-refractivity contribution in [3.05, 3.63) is 58.1 Å². The van der Waals surface area contributed by atoms with Crippen LogP contribution in [-0.2, 0) is 14.3 Å². The smallest absolute Gasteiger partial charge is 0.310 e. The number of anilines is 2. The SMILES string of the molecule is O=C(Nc1cccc(Cl)c1Cl)c1ccc(NC(=O)[C@@H]2[C@@H]3C[C@@H]4[C@H]2C(=O)O[C@H]4C3)cc1. The molecule has 0 spiro atoms. The Labute approximate surface area is 182 Å². The molecule has 2 aliphatic carbocycles. The van der Waals surface area contributed by atoms with Crippen molar-refractivity contribution in [2.75, 3.05) is 10.6 Å². The third-order valence-corrected chi connectivity index (χ3v) is 7.22. The summed E-state index contributed by atoms with van der Waals surface area (Å²) in [6, 6.07) is 11.5. The van der Waals surface area contributed by atoms with Gasteiger partial charge in [-0.1, -0.05) is 29.3 Å². The van der Waals surface area contributed by atoms with E-state index in [1.807, 2.05) is 0 Å². The monoisotopic (exact) mass is 444 g/mol. The van der Waals surface area contributed by atoms with Crippen LogP contribution in [-0.4, -0.2) is 23.9 Å². The topological polar surface area (TPSA) is 84.5 Å². The number of hydrogen-bond donors (Lipinski definition) is 2. The van der Waals surface area contributed by atoms with Crippen LogP contribution in [0.3, 0.4) is 0 Å². The first kappa shape index (κ1) is 19.4. The average Bonchev–Trinajstić information content (AvgIpc) is 3.34. The predicted octanol–water partition coefficient (Wildman–Crippen LogP) is 4.38. The molecule has 154 valence electrons. The Morgan fingerprint density at radius 2 is 1.77 bits per heavy atom. The molecule has 8 heteroatoms. The fourth-order valence-corrected chi connectivity index (χ4v) is 5.44. The Morgan fingerprint density at radius 1 is 1.00 bits per heavy atom. The second-order valence-electron chi connectivity index (χ2n) is 8.04. The highest BCUT2D eigenvalue weighted by Gasteiger charge is 2.63. The number of benzene rings is 2. The molecule has 5 atom stereocenters. The maximum absolute atomic E-state index is 12.8. The van der Waals surface area contributed by atoms with Crippen LogP contribution in [0.5, 0.6) is 0 Å². The number of carbonyl (C=O) groups is 3. The molecule has 2 aromatic rings. The Bertz CT molecular complexity index is 1050. The van der Waals surface area contributed by atoms with Crippen molar-refractivity contribution >= 4 is 52.4 Å². The Morgan fingerprint density at radius 3 is 2.53 bits per heavy atom. The van der Waals surface area contributed by atoms with E-state index in [0.29, 0.717) is 22.0 Å². The number of fused-ring (bicyclic) bond motifs is 1. The summed E-state index contributed by atoms with van der Waals surface area (Å²) < 4.78 is 5.40. The van der Waals surface area contributed by atoms with E-state index in [4.69, 9.17) is 27.9 Å². The van der Waals surface area contributed by atoms with Crippen molar-refractivity contribution in [1.29, 1.82) is 0 Å². The van der Waals surface area contributed by atoms with E-state index >= 15 is 0 Å². The van der Waals surface area contributed by atoms with Gasteiger partial charge in [-0.3, -0.25) is 14.4 Å². The lowest BCUT2D eigenvalue weighted by molar-refractivity contribution is -0.145. The molecule has 5 rings (SSSR count). The zero-order chi connectivity index (χ0) is 21.0. The molecule has 0 aromatic heterocycles. The van der Waals surface area contributed by atoms with Gasteiger partial charge in [0.2, 0.25) is 5.91 Å². The number of carbonyl (C=O) groups excluding carboxylic acids is 3. The number of ether oxygens (including phenoxy) is 1. The lowest BCUT2D eigenvalue weighted by Crippen LogP contribution is -2.35. The summed E-state index contributed by atoms with van der Waals surface area (Å²) in [5, 5.41) is 6.23. The molecular weight excluding hydrogens is 427 g/mol. The molecule has 2 bridgehead atoms. The summed E-state index contributed by atoms with van der Waals surface area (Å²) in [6.07, 6.45) is 1.66. The van der Waals surface area contributed by atoms with Gasteiger partial charge in [-0.15, -0.1) is 0 Å². The van der Waals surface area contributed by atoms with Crippen LogP contribution in [0.4, 0.5) is 11.4 Å². The molecule has 2 N–H and O–H groups in total. The molecule has 1 saturated heterocycles. The van der Waals surface area contributed by atoms with Crippen LogP contribution in [0, 0.1) is 23.7 Å². The molecule has 2 saturated carbocycles. The van der Waals surface area contributed by atoms with Gasteiger partial charge >= 0.3 is 5.97 Å². The maximum Gasteiger partial charge on any atom is 0.310 e. The van der Waals surface area contributed by atoms with E-state index in [2.05, 4.69) is 10.6 Å². The molecular formula is C22H18Cl2N2O4. The van der Waals surface area contributed by atoms with E-state index in [1.54, 1.807) is 42.5 Å². The molecule has 0 unspecified atom stereocenters. The average molecular weight is 445 g/mol. The summed E-state index contributed by atoms with van der Waals surface area (Å²) in [5.41, 5.74) is 1.40. The molecule has 6 nitrogen and oxygen atoms in total. The van der Waals surface area contributed by atoms with E-state index in [0.717, 1.165) is 12.8 Å². The zero-order valence-electron chi connectivity index (χ0n) is 15.7. The minimum Gasteiger partial charge on any atom is -0.462 e. The van der Waals surface area contributed by atoms with Crippen LogP contribution < -0.4 is 10.6 Å². The fourth-order valence-electron chi connectivity index (χ4n) is 5.09. The highest BCUT2D eigenvalue weighted by Crippen LogP contribution is 2.57. The van der Waals surface area contributed by atoms with Crippen molar-refractivity contribution in [3.8, 4) is 0 Å². The van der Waals surface area contributed by atoms with Crippen molar-refractivity contribution in [1.82, 2.24) is 0 Å². The molecule has 3 fully saturated rings. The van der Waals surface area contributed by atoms with Gasteiger partial charge in [0.15, 0.2) is 0 Å². The maximum atomic E-state index is 12.8. The van der Waals surface area contributed by atoms with Gasteiger partial charge in [0.25, 0.3) is 5.91 Å². The van der Waals surface area contributed by atoms with E-state index in [9.17, 15) is 14.4 Å². The number of hydrogen-bond acceptors (Lipinski definition) is 4. The van der Waals surface area contributed by atoms with Crippen molar-refractivity contribution < 1.29 is 19.1 Å². The molecule has 3 aliphatic rings. The van der Waals surface area contributed by atoms with Gasteiger partial charge in [-0.05, 0) is 55.2 Å². The first-order valence-corrected chi connectivity index (χ1v) is 10.5. The van der Waals surface area contributed by atoms with Crippen molar-refractivity contribution in [2.24, 2.45) is 23.7 Å². The molecule has 2 amide bonds. The molecule has 30 heavy (non-hydrogen) atoms. The van der Waals surface area contributed by atoms with Gasteiger partial charge in [-0.25, -0.2) is 0 Å². The van der Waals surface area contributed by atoms with Gasteiger partial charge in [0, 0.05) is 17.2 Å². The van der Waals surface area contributed by atoms with Gasteiger partial charge in [0.05, 0.1) is 27.6 Å². The number of amides is 2. The standard InChI is InChI=1S/C22H18Cl2N2O4/c23-14-2-1-3-15(19(14)24)26-20(27)10-4-6-12(7-5-10)25-21(28)17-11-8-13-16(9-11)30-22(29)18(13)17/h1-7,11,13,16-18H,8-9H2,(H,25,28)(H,26,27)/t11-,13+,16+,17-,18-/m1/s1. The molecule has 1 aliphatic heterocycles. The van der Waals surface area contributed by atoms with Gasteiger partial charge in [0.1, 0.15) is 6.10 Å². The number of esters is 1. The van der Waals surface area contributed by atoms with E-state index < -0.39 is 0 Å². The number of halogens is 2. The van der Waals surface area contributed by atoms with Crippen LogP contribution in [0.1, 0.15) is 23.2 Å². The van der Waals surface area contributed by atoms with Crippen LogP contribution in [0.15, 0.2) is 42.5 Å². The zero-order valence-corrected chi connectivity index (χ0v) is 17.2. The summed E-state index contributed by atoms with van der Waals surface area (Å²) in [5.74, 6) is -1.02. The molecule has 1 heterocycles. The quantitative estimate of drug-likeness (QED) is 0.685. The largest absolute Gasteiger partial charge is 0.462 e. The first-order chi connectivity index (χ1) is 14.4. The van der Waals surface area contributed by atoms with E-state index in [1.165, 1.54) is 0 Å². The third-order valence-electron chi connectivity index (χ3n) is 6.40. The minimum absolute atomic E-state index is 0.00217. The first-order valence-electron chi connectivity index (χ1n) is 9.79. The highest BCUT2D eigenvalue weighted by atomic mass is 35.5. The van der Waals surface area contributed by atoms with Crippen LogP contribution in [0.25, 0.3) is 0 Å². The highest BCUT2D eigenvalue weighted by molar-refractivity contribution is 6.44. The fraction of sp³-hybridized carbons (Fsp3) is 0.318. The van der Waals surface area contributed by atoms with Gasteiger partial charge < -0.3 is 15.4 Å². The van der Waals surface area contributed by atoms with Gasteiger partial charge in [-0.2, -0.15) is 0 Å². The van der Waals surface area contributed by atoms with E-state index in [-0.39, 0.29) is 52.6 Å². The van der Waals surface area contributed by atoms with Crippen LogP contribution >= 0.6 is 23.2 Å². The van der Waals surface area contributed by atoms with Crippen molar-refractivity contribution in [3.63, 3.8) is 0 Å². The summed E-state index contributed by atoms with van der Waals surface area (Å²) in [7, 11) is 0. The van der Waals surface area contributed by atoms with Crippen LogP contribution in [0.2, 0.25) is 10.0 Å². The normalized spacial score (nSPS) is 28.3. The Balaban J connectivity index is 1.25. The number of rotatable bonds is 4. The molecule has 2 aromatic carbocycles. The lowest BCUT2D eigenvalue weighted by Gasteiger charge is -2.23. The Hall–Kier alpha value is -2.57. The molecule has 0 radical (unpaired) electrons. The van der Waals surface area contributed by atoms with Crippen molar-refractivity contribution in [2.45, 2.75) is 18.9 Å². The summed E-state index contributed by atoms with van der Waals surface area (Å²) >= 11 is 12.1. The lowest BCUT2D eigenvalue weighted by atomic mass is 9.79. The summed E-state index contributed by atoms with van der Waals surface area (Å²) in [4.78, 5) is 37.4. The number of nitrogens with one attached hydrogen (secondary N) is 2. The summed E-state index contributed by atoms with van der Waals surface area (Å²) in [6.45, 7) is 0.